The zero-order valence-electron chi connectivity index (χ0n) is 16.9. The minimum Gasteiger partial charge on any atom is -0.494 e. The van der Waals surface area contributed by atoms with Crippen LogP contribution in [0.15, 0.2) is 36.4 Å². The van der Waals surface area contributed by atoms with Crippen LogP contribution in [0.5, 0.6) is 11.5 Å². The highest BCUT2D eigenvalue weighted by Crippen LogP contribution is 2.53. The molecule has 2 heteroatoms. The standard InChI is InChI=1S/C25H32O2/c1-3-5-15-26-21-7-9-23-19(17-21)11-13-25(23)14-12-20-18-22(8-10-24(20)25)27-16-6-4-2/h7-10,17-18H,3-6,11-16H2,1-2H3. The first-order valence-corrected chi connectivity index (χ1v) is 10.8. The number of hydrogen-bond acceptors (Lipinski definition) is 2. The SMILES string of the molecule is CCCCOc1ccc2c(c1)CCC21CCc2cc(OCCCC)ccc21. The summed E-state index contributed by atoms with van der Waals surface area (Å²) in [6.07, 6.45) is 9.37. The van der Waals surface area contributed by atoms with Crippen molar-refractivity contribution in [3.05, 3.63) is 58.7 Å². The molecule has 0 aliphatic heterocycles. The van der Waals surface area contributed by atoms with Crippen molar-refractivity contribution >= 4 is 0 Å². The Balaban J connectivity index is 1.56. The van der Waals surface area contributed by atoms with E-state index in [-0.39, 0.29) is 5.41 Å². The second kappa shape index (κ2) is 7.96. The van der Waals surface area contributed by atoms with Crippen molar-refractivity contribution in [2.45, 2.75) is 70.6 Å². The zero-order chi connectivity index (χ0) is 18.7. The highest BCUT2D eigenvalue weighted by atomic mass is 16.5. The van der Waals surface area contributed by atoms with Gasteiger partial charge >= 0.3 is 0 Å². The van der Waals surface area contributed by atoms with Gasteiger partial charge in [0.25, 0.3) is 0 Å². The molecule has 27 heavy (non-hydrogen) atoms. The van der Waals surface area contributed by atoms with Gasteiger partial charge < -0.3 is 9.47 Å². The van der Waals surface area contributed by atoms with Crippen molar-refractivity contribution in [2.75, 3.05) is 13.2 Å². The Kier molecular flexibility index (Phi) is 5.43. The second-order valence-electron chi connectivity index (χ2n) is 8.12. The molecule has 0 radical (unpaired) electrons. The smallest absolute Gasteiger partial charge is 0.119 e. The number of benzene rings is 2. The van der Waals surface area contributed by atoms with Crippen LogP contribution in [0.25, 0.3) is 0 Å². The maximum absolute atomic E-state index is 5.94. The van der Waals surface area contributed by atoms with Gasteiger partial charge in [0.15, 0.2) is 0 Å². The highest BCUT2D eigenvalue weighted by Gasteiger charge is 2.44. The van der Waals surface area contributed by atoms with Gasteiger partial charge in [-0.2, -0.15) is 0 Å². The molecule has 2 aromatic carbocycles. The number of aryl methyl sites for hydroxylation is 2. The van der Waals surface area contributed by atoms with E-state index in [1.165, 1.54) is 47.9 Å². The quantitative estimate of drug-likeness (QED) is 0.517. The van der Waals surface area contributed by atoms with Crippen molar-refractivity contribution in [3.63, 3.8) is 0 Å². The third-order valence-corrected chi connectivity index (χ3v) is 6.36. The Morgan fingerprint density at radius 3 is 1.67 bits per heavy atom. The largest absolute Gasteiger partial charge is 0.494 e. The van der Waals surface area contributed by atoms with Crippen LogP contribution < -0.4 is 9.47 Å². The Bertz CT molecular complexity index is 725. The van der Waals surface area contributed by atoms with Crippen LogP contribution >= 0.6 is 0 Å². The molecule has 144 valence electrons. The van der Waals surface area contributed by atoms with Crippen molar-refractivity contribution in [1.29, 1.82) is 0 Å². The summed E-state index contributed by atoms with van der Waals surface area (Å²) in [5.41, 5.74) is 6.25. The van der Waals surface area contributed by atoms with Crippen LogP contribution in [0.2, 0.25) is 0 Å². The number of unbranched alkanes of at least 4 members (excludes halogenated alkanes) is 2. The lowest BCUT2D eigenvalue weighted by molar-refractivity contribution is 0.309. The lowest BCUT2D eigenvalue weighted by atomic mass is 9.77. The molecule has 2 aliphatic carbocycles. The van der Waals surface area contributed by atoms with E-state index in [9.17, 15) is 0 Å². The average molecular weight is 365 g/mol. The molecule has 2 nitrogen and oxygen atoms in total. The lowest BCUT2D eigenvalue weighted by Crippen LogP contribution is -2.21. The van der Waals surface area contributed by atoms with E-state index < -0.39 is 0 Å². The predicted molar refractivity (Wildman–Crippen MR) is 111 cm³/mol. The molecule has 0 fully saturated rings. The third kappa shape index (κ3) is 3.47. The van der Waals surface area contributed by atoms with Crippen LogP contribution in [0.4, 0.5) is 0 Å². The summed E-state index contributed by atoms with van der Waals surface area (Å²) in [5, 5.41) is 0. The highest BCUT2D eigenvalue weighted by molar-refractivity contribution is 5.56. The Labute approximate surface area is 163 Å². The van der Waals surface area contributed by atoms with Crippen LogP contribution in [-0.2, 0) is 18.3 Å². The fourth-order valence-electron chi connectivity index (χ4n) is 4.84. The minimum absolute atomic E-state index is 0.217. The molecule has 0 heterocycles. The first kappa shape index (κ1) is 18.4. The van der Waals surface area contributed by atoms with Gasteiger partial charge in [-0.15, -0.1) is 0 Å². The summed E-state index contributed by atoms with van der Waals surface area (Å²) in [6.45, 7) is 6.05. The van der Waals surface area contributed by atoms with E-state index in [0.717, 1.165) is 50.4 Å². The number of rotatable bonds is 8. The first-order valence-electron chi connectivity index (χ1n) is 10.8. The summed E-state index contributed by atoms with van der Waals surface area (Å²) in [5.74, 6) is 2.08. The monoisotopic (exact) mass is 364 g/mol. The van der Waals surface area contributed by atoms with Gasteiger partial charge in [0.1, 0.15) is 11.5 Å². The van der Waals surface area contributed by atoms with E-state index in [2.05, 4.69) is 50.2 Å². The molecule has 2 aromatic rings. The van der Waals surface area contributed by atoms with Gasteiger partial charge in [-0.05, 0) is 85.0 Å². The summed E-state index contributed by atoms with van der Waals surface area (Å²) < 4.78 is 11.9. The zero-order valence-corrected chi connectivity index (χ0v) is 16.9. The van der Waals surface area contributed by atoms with E-state index >= 15 is 0 Å². The molecule has 0 N–H and O–H groups in total. The lowest BCUT2D eigenvalue weighted by Gasteiger charge is -2.27. The van der Waals surface area contributed by atoms with E-state index in [1.54, 1.807) is 0 Å². The third-order valence-electron chi connectivity index (χ3n) is 6.36. The number of ether oxygens (including phenoxy) is 2. The molecular formula is C25H32O2. The van der Waals surface area contributed by atoms with Gasteiger partial charge in [-0.1, -0.05) is 38.8 Å². The second-order valence-corrected chi connectivity index (χ2v) is 8.12. The average Bonchev–Trinajstić information content (AvgIpc) is 3.24. The Morgan fingerprint density at radius 1 is 0.741 bits per heavy atom. The minimum atomic E-state index is 0.217. The molecule has 0 saturated carbocycles. The molecule has 0 atom stereocenters. The molecule has 1 spiro atoms. The summed E-state index contributed by atoms with van der Waals surface area (Å²) in [4.78, 5) is 0. The van der Waals surface area contributed by atoms with Crippen molar-refractivity contribution in [3.8, 4) is 11.5 Å². The van der Waals surface area contributed by atoms with Crippen LogP contribution in [0.1, 0.15) is 74.6 Å². The molecule has 0 bridgehead atoms. The summed E-state index contributed by atoms with van der Waals surface area (Å²) in [6, 6.07) is 13.6. The fourth-order valence-corrected chi connectivity index (χ4v) is 4.84. The van der Waals surface area contributed by atoms with E-state index in [0.29, 0.717) is 0 Å². The van der Waals surface area contributed by atoms with Gasteiger partial charge in [-0.25, -0.2) is 0 Å². The molecule has 0 unspecified atom stereocenters. The first-order chi connectivity index (χ1) is 13.3. The van der Waals surface area contributed by atoms with Gasteiger partial charge in [-0.3, -0.25) is 0 Å². The molecule has 2 aliphatic rings. The van der Waals surface area contributed by atoms with Gasteiger partial charge in [0.2, 0.25) is 0 Å². The van der Waals surface area contributed by atoms with E-state index in [1.807, 2.05) is 0 Å². The molecule has 0 aromatic heterocycles. The molecular weight excluding hydrogens is 332 g/mol. The summed E-state index contributed by atoms with van der Waals surface area (Å²) in [7, 11) is 0. The maximum Gasteiger partial charge on any atom is 0.119 e. The summed E-state index contributed by atoms with van der Waals surface area (Å²) >= 11 is 0. The molecule has 4 rings (SSSR count). The fraction of sp³-hybridized carbons (Fsp3) is 0.520. The predicted octanol–water partition coefficient (Wildman–Crippen LogP) is 6.22. The Morgan fingerprint density at radius 2 is 1.22 bits per heavy atom. The van der Waals surface area contributed by atoms with Crippen LogP contribution in [0.3, 0.4) is 0 Å². The maximum atomic E-state index is 5.94. The Hall–Kier alpha value is -1.96. The topological polar surface area (TPSA) is 18.5 Å². The van der Waals surface area contributed by atoms with Crippen LogP contribution in [0, 0.1) is 0 Å². The van der Waals surface area contributed by atoms with E-state index in [4.69, 9.17) is 9.47 Å². The van der Waals surface area contributed by atoms with Crippen molar-refractivity contribution < 1.29 is 9.47 Å². The normalized spacial score (nSPS) is 16.4. The molecule has 0 saturated heterocycles. The van der Waals surface area contributed by atoms with Crippen molar-refractivity contribution in [1.82, 2.24) is 0 Å². The number of hydrogen-bond donors (Lipinski definition) is 0. The van der Waals surface area contributed by atoms with Crippen LogP contribution in [-0.4, -0.2) is 13.2 Å². The molecule has 0 amide bonds. The van der Waals surface area contributed by atoms with Gasteiger partial charge in [0, 0.05) is 5.41 Å². The van der Waals surface area contributed by atoms with Crippen molar-refractivity contribution in [2.24, 2.45) is 0 Å². The number of fused-ring (bicyclic) bond motifs is 4. The van der Waals surface area contributed by atoms with Gasteiger partial charge in [0.05, 0.1) is 13.2 Å².